The van der Waals surface area contributed by atoms with Crippen molar-refractivity contribution >= 4 is 0 Å². The molecule has 0 heterocycles. The van der Waals surface area contributed by atoms with Gasteiger partial charge in [-0.2, -0.15) is 0 Å². The molecule has 98 valence electrons. The smallest absolute Gasteiger partial charge is 0.0316 e. The summed E-state index contributed by atoms with van der Waals surface area (Å²) in [5.74, 6) is 0. The van der Waals surface area contributed by atoms with Crippen LogP contribution in [-0.2, 0) is 0 Å². The maximum Gasteiger partial charge on any atom is -0.0316 e. The Balaban J connectivity index is 3.17. The zero-order valence-electron chi connectivity index (χ0n) is 11.8. The fourth-order valence-corrected chi connectivity index (χ4v) is 1.68. The lowest BCUT2D eigenvalue weighted by Crippen LogP contribution is -1.73. The van der Waals surface area contributed by atoms with Crippen LogP contribution in [0.15, 0.2) is 36.5 Å². The van der Waals surface area contributed by atoms with E-state index in [2.05, 4.69) is 50.3 Å². The standard InChI is InChI=1S/C17H30/c1-3-5-7-9-11-13-15-17-16-14-12-10-8-6-4-2/h3,5,10,12,15,17H,4,6-9,11,13-14,16H2,1-2H3. The normalized spacial score (nSPS) is 12.4. The minimum Gasteiger partial charge on any atom is -0.0917 e. The zero-order valence-corrected chi connectivity index (χ0v) is 11.8. The molecule has 0 aliphatic rings. The maximum absolute atomic E-state index is 2.34. The number of hydrogen-bond donors (Lipinski definition) is 0. The predicted molar refractivity (Wildman–Crippen MR) is 80.3 cm³/mol. The third kappa shape index (κ3) is 15.2. The quantitative estimate of drug-likeness (QED) is 0.295. The van der Waals surface area contributed by atoms with Crippen LogP contribution in [0.5, 0.6) is 0 Å². The van der Waals surface area contributed by atoms with Gasteiger partial charge in [0.15, 0.2) is 0 Å². The highest BCUT2D eigenvalue weighted by molar-refractivity contribution is 4.88. The Morgan fingerprint density at radius 3 is 1.59 bits per heavy atom. The predicted octanol–water partition coefficient (Wildman–Crippen LogP) is 6.21. The van der Waals surface area contributed by atoms with Crippen molar-refractivity contribution in [3.8, 4) is 0 Å². The molecule has 0 aliphatic carbocycles. The maximum atomic E-state index is 2.34. The van der Waals surface area contributed by atoms with Gasteiger partial charge in [-0.25, -0.2) is 0 Å². The SMILES string of the molecule is CC=CCCCCC=CCCC=CCCCC. The lowest BCUT2D eigenvalue weighted by molar-refractivity contribution is 0.760. The molecule has 0 aromatic rings. The summed E-state index contributed by atoms with van der Waals surface area (Å²) in [6, 6.07) is 0. The van der Waals surface area contributed by atoms with Crippen LogP contribution < -0.4 is 0 Å². The van der Waals surface area contributed by atoms with Gasteiger partial charge in [-0.3, -0.25) is 0 Å². The highest BCUT2D eigenvalue weighted by Crippen LogP contribution is 2.03. The Labute approximate surface area is 109 Å². The molecule has 0 spiro atoms. The van der Waals surface area contributed by atoms with Crippen molar-refractivity contribution in [3.63, 3.8) is 0 Å². The summed E-state index contributed by atoms with van der Waals surface area (Å²) >= 11 is 0. The number of rotatable bonds is 11. The second kappa shape index (κ2) is 15.2. The van der Waals surface area contributed by atoms with Crippen molar-refractivity contribution in [2.75, 3.05) is 0 Å². The van der Waals surface area contributed by atoms with Gasteiger partial charge in [-0.1, -0.05) is 56.2 Å². The number of unbranched alkanes of at least 4 members (excludes halogenated alkanes) is 6. The summed E-state index contributed by atoms with van der Waals surface area (Å²) in [6.45, 7) is 4.33. The topological polar surface area (TPSA) is 0 Å². The van der Waals surface area contributed by atoms with E-state index in [4.69, 9.17) is 0 Å². The van der Waals surface area contributed by atoms with E-state index in [0.717, 1.165) is 0 Å². The summed E-state index contributed by atoms with van der Waals surface area (Å²) in [5, 5.41) is 0. The molecule has 0 rings (SSSR count). The molecule has 17 heavy (non-hydrogen) atoms. The van der Waals surface area contributed by atoms with Gasteiger partial charge >= 0.3 is 0 Å². The van der Waals surface area contributed by atoms with E-state index in [1.807, 2.05) is 0 Å². The first-order valence-electron chi connectivity index (χ1n) is 7.33. The fraction of sp³-hybridized carbons (Fsp3) is 0.647. The van der Waals surface area contributed by atoms with E-state index < -0.39 is 0 Å². The molecular formula is C17H30. The fourth-order valence-electron chi connectivity index (χ4n) is 1.68. The Hall–Kier alpha value is -0.780. The number of allylic oxidation sites excluding steroid dienone is 6. The summed E-state index contributed by atoms with van der Waals surface area (Å²) in [6.07, 6.45) is 25.2. The largest absolute Gasteiger partial charge is 0.0917 e. The van der Waals surface area contributed by atoms with Crippen LogP contribution in [-0.4, -0.2) is 0 Å². The molecule has 0 unspecified atom stereocenters. The second-order valence-corrected chi connectivity index (χ2v) is 4.52. The average Bonchev–Trinajstić information content (AvgIpc) is 2.35. The van der Waals surface area contributed by atoms with Crippen LogP contribution in [0.3, 0.4) is 0 Å². The van der Waals surface area contributed by atoms with Crippen LogP contribution in [0.4, 0.5) is 0 Å². The van der Waals surface area contributed by atoms with E-state index in [0.29, 0.717) is 0 Å². The Kier molecular flexibility index (Phi) is 14.5. The van der Waals surface area contributed by atoms with Crippen molar-refractivity contribution in [1.82, 2.24) is 0 Å². The van der Waals surface area contributed by atoms with Crippen molar-refractivity contribution in [3.05, 3.63) is 36.5 Å². The van der Waals surface area contributed by atoms with E-state index in [-0.39, 0.29) is 0 Å². The molecule has 0 nitrogen and oxygen atoms in total. The van der Waals surface area contributed by atoms with Gasteiger partial charge in [0, 0.05) is 0 Å². The van der Waals surface area contributed by atoms with Crippen molar-refractivity contribution in [2.45, 2.75) is 71.6 Å². The monoisotopic (exact) mass is 234 g/mol. The van der Waals surface area contributed by atoms with Crippen LogP contribution in [0, 0.1) is 0 Å². The van der Waals surface area contributed by atoms with E-state index >= 15 is 0 Å². The summed E-state index contributed by atoms with van der Waals surface area (Å²) < 4.78 is 0. The molecule has 0 bridgehead atoms. The van der Waals surface area contributed by atoms with Gasteiger partial charge < -0.3 is 0 Å². The van der Waals surface area contributed by atoms with Gasteiger partial charge in [-0.15, -0.1) is 0 Å². The summed E-state index contributed by atoms with van der Waals surface area (Å²) in [4.78, 5) is 0. The molecule has 0 aliphatic heterocycles. The van der Waals surface area contributed by atoms with E-state index in [1.54, 1.807) is 0 Å². The molecule has 0 radical (unpaired) electrons. The second-order valence-electron chi connectivity index (χ2n) is 4.52. The molecular weight excluding hydrogens is 204 g/mol. The highest BCUT2D eigenvalue weighted by Gasteiger charge is 1.83. The molecule has 0 N–H and O–H groups in total. The summed E-state index contributed by atoms with van der Waals surface area (Å²) in [7, 11) is 0. The number of hydrogen-bond acceptors (Lipinski definition) is 0. The molecule has 0 aromatic carbocycles. The minimum atomic E-state index is 1.21. The van der Waals surface area contributed by atoms with Gasteiger partial charge in [-0.05, 0) is 51.9 Å². The molecule has 0 heteroatoms. The van der Waals surface area contributed by atoms with Crippen LogP contribution >= 0.6 is 0 Å². The summed E-state index contributed by atoms with van der Waals surface area (Å²) in [5.41, 5.74) is 0. The van der Waals surface area contributed by atoms with Crippen molar-refractivity contribution in [2.24, 2.45) is 0 Å². The molecule has 0 fully saturated rings. The Morgan fingerprint density at radius 1 is 0.588 bits per heavy atom. The zero-order chi connectivity index (χ0) is 12.6. The Morgan fingerprint density at radius 2 is 1.06 bits per heavy atom. The Bertz CT molecular complexity index is 208. The first kappa shape index (κ1) is 16.2. The lowest BCUT2D eigenvalue weighted by atomic mass is 10.1. The van der Waals surface area contributed by atoms with Crippen LogP contribution in [0.2, 0.25) is 0 Å². The molecule has 0 saturated heterocycles. The molecule has 0 amide bonds. The van der Waals surface area contributed by atoms with Gasteiger partial charge in [0.05, 0.1) is 0 Å². The van der Waals surface area contributed by atoms with Gasteiger partial charge in [0.1, 0.15) is 0 Å². The van der Waals surface area contributed by atoms with Crippen molar-refractivity contribution < 1.29 is 0 Å². The molecule has 0 atom stereocenters. The van der Waals surface area contributed by atoms with Crippen molar-refractivity contribution in [1.29, 1.82) is 0 Å². The third-order valence-corrected chi connectivity index (χ3v) is 2.78. The highest BCUT2D eigenvalue weighted by atomic mass is 13.9. The van der Waals surface area contributed by atoms with E-state index in [9.17, 15) is 0 Å². The first-order chi connectivity index (χ1) is 8.41. The van der Waals surface area contributed by atoms with Gasteiger partial charge in [0.25, 0.3) is 0 Å². The first-order valence-corrected chi connectivity index (χ1v) is 7.33. The average molecular weight is 234 g/mol. The van der Waals surface area contributed by atoms with E-state index in [1.165, 1.54) is 57.8 Å². The molecule has 0 saturated carbocycles. The third-order valence-electron chi connectivity index (χ3n) is 2.78. The lowest BCUT2D eigenvalue weighted by Gasteiger charge is -1.93. The van der Waals surface area contributed by atoms with Crippen LogP contribution in [0.25, 0.3) is 0 Å². The minimum absolute atomic E-state index is 1.21. The van der Waals surface area contributed by atoms with Gasteiger partial charge in [0.2, 0.25) is 0 Å². The van der Waals surface area contributed by atoms with Crippen LogP contribution in [0.1, 0.15) is 71.6 Å². The molecule has 0 aromatic heterocycles.